The number of hydrogen-bond acceptors (Lipinski definition) is 7. The van der Waals surface area contributed by atoms with Gasteiger partial charge in [0.05, 0.1) is 29.5 Å². The average molecular weight is 434 g/mol. The first kappa shape index (κ1) is 21.2. The first-order chi connectivity index (χ1) is 14.3. The lowest BCUT2D eigenvalue weighted by Gasteiger charge is -2.11. The first-order valence-electron chi connectivity index (χ1n) is 8.30. The van der Waals surface area contributed by atoms with E-state index in [0.717, 1.165) is 23.9 Å². The van der Waals surface area contributed by atoms with Gasteiger partial charge in [-0.2, -0.15) is 18.3 Å². The number of carbonyl (C=O) groups excluding carboxylic acids is 2. The van der Waals surface area contributed by atoms with Crippen LogP contribution in [0.1, 0.15) is 11.1 Å². The third-order valence-corrected chi connectivity index (χ3v) is 4.65. The number of carbonyl (C=O) groups is 2. The lowest BCUT2D eigenvalue weighted by Crippen LogP contribution is -2.19. The molecule has 30 heavy (non-hydrogen) atoms. The molecule has 3 rings (SSSR count). The molecule has 11 heteroatoms. The van der Waals surface area contributed by atoms with Crippen molar-refractivity contribution in [1.29, 1.82) is 0 Å². The van der Waals surface area contributed by atoms with Crippen molar-refractivity contribution in [3.63, 3.8) is 0 Å². The van der Waals surface area contributed by atoms with E-state index in [-0.39, 0.29) is 15.8 Å². The molecule has 7 nitrogen and oxygen atoms in total. The van der Waals surface area contributed by atoms with Gasteiger partial charge >= 0.3 is 12.1 Å². The van der Waals surface area contributed by atoms with Crippen LogP contribution in [-0.2, 0) is 20.5 Å². The fourth-order valence-electron chi connectivity index (χ4n) is 2.38. The molecule has 0 aliphatic carbocycles. The van der Waals surface area contributed by atoms with Gasteiger partial charge in [-0.3, -0.25) is 15.1 Å². The topological polar surface area (TPSA) is 93.0 Å². The van der Waals surface area contributed by atoms with Crippen LogP contribution in [0.3, 0.4) is 0 Å². The highest BCUT2D eigenvalue weighted by Crippen LogP contribution is 2.35. The number of esters is 1. The Balaban J connectivity index is 1.72. The van der Waals surface area contributed by atoms with Crippen LogP contribution in [-0.4, -0.2) is 35.4 Å². The van der Waals surface area contributed by atoms with Crippen LogP contribution in [0.15, 0.2) is 63.8 Å². The maximum absolute atomic E-state index is 13.1. The van der Waals surface area contributed by atoms with E-state index in [0.29, 0.717) is 11.1 Å². The van der Waals surface area contributed by atoms with E-state index < -0.39 is 23.6 Å². The minimum atomic E-state index is -4.51. The molecule has 1 aliphatic rings. The molecule has 1 N–H and O–H groups in total. The molecule has 0 bridgehead atoms. The second-order valence-electron chi connectivity index (χ2n) is 5.76. The number of aromatic nitrogens is 1. The fraction of sp³-hybridized carbons (Fsp3) is 0.105. The number of pyridine rings is 1. The Morgan fingerprint density at radius 2 is 1.97 bits per heavy atom. The number of amidine groups is 1. The van der Waals surface area contributed by atoms with Crippen LogP contribution in [0.5, 0.6) is 0 Å². The van der Waals surface area contributed by atoms with Crippen molar-refractivity contribution in [3.05, 3.63) is 64.7 Å². The number of amides is 1. The number of nitrogens with zero attached hydrogens (tertiary/aromatic N) is 3. The molecular formula is C19H13F3N4O3S. The van der Waals surface area contributed by atoms with Gasteiger partial charge in [0, 0.05) is 17.8 Å². The zero-order valence-corrected chi connectivity index (χ0v) is 16.1. The molecule has 1 aromatic heterocycles. The second kappa shape index (κ2) is 8.91. The Bertz CT molecular complexity index is 1060. The third-order valence-electron chi connectivity index (χ3n) is 3.75. The molecule has 1 aliphatic heterocycles. The summed E-state index contributed by atoms with van der Waals surface area (Å²) in [6, 6.07) is 8.33. The summed E-state index contributed by atoms with van der Waals surface area (Å²) < 4.78 is 43.9. The molecule has 2 heterocycles. The Hall–Kier alpha value is -3.47. The van der Waals surface area contributed by atoms with Crippen LogP contribution in [0, 0.1) is 0 Å². The zero-order valence-electron chi connectivity index (χ0n) is 15.3. The number of ether oxygens (including phenoxy) is 1. The largest absolute Gasteiger partial charge is 0.466 e. The summed E-state index contributed by atoms with van der Waals surface area (Å²) in [5.41, 5.74) is -0.0961. The van der Waals surface area contributed by atoms with Gasteiger partial charge in [0.2, 0.25) is 0 Å². The molecule has 1 saturated heterocycles. The van der Waals surface area contributed by atoms with E-state index in [9.17, 15) is 22.8 Å². The predicted octanol–water partition coefficient (Wildman–Crippen LogP) is 3.38. The highest BCUT2D eigenvalue weighted by molar-refractivity contribution is 8.18. The lowest BCUT2D eigenvalue weighted by molar-refractivity contribution is -0.137. The van der Waals surface area contributed by atoms with Gasteiger partial charge in [-0.15, -0.1) is 5.10 Å². The quantitative estimate of drug-likeness (QED) is 0.345. The van der Waals surface area contributed by atoms with Crippen molar-refractivity contribution < 1.29 is 27.5 Å². The summed E-state index contributed by atoms with van der Waals surface area (Å²) >= 11 is 0.922. The Morgan fingerprint density at radius 1 is 1.23 bits per heavy atom. The predicted molar refractivity (Wildman–Crippen MR) is 106 cm³/mol. The van der Waals surface area contributed by atoms with E-state index in [1.165, 1.54) is 37.7 Å². The highest BCUT2D eigenvalue weighted by Gasteiger charge is 2.34. The van der Waals surface area contributed by atoms with E-state index in [1.54, 1.807) is 12.1 Å². The van der Waals surface area contributed by atoms with Crippen LogP contribution in [0.25, 0.3) is 11.3 Å². The number of halogens is 3. The van der Waals surface area contributed by atoms with E-state index in [2.05, 4.69) is 25.2 Å². The van der Waals surface area contributed by atoms with Crippen molar-refractivity contribution >= 4 is 35.0 Å². The average Bonchev–Trinajstić information content (AvgIpc) is 3.07. The monoisotopic (exact) mass is 434 g/mol. The Morgan fingerprint density at radius 3 is 2.63 bits per heavy atom. The van der Waals surface area contributed by atoms with E-state index in [4.69, 9.17) is 0 Å². The van der Waals surface area contributed by atoms with Gasteiger partial charge in [-0.25, -0.2) is 4.79 Å². The summed E-state index contributed by atoms with van der Waals surface area (Å²) in [5.74, 6) is -1.17. The van der Waals surface area contributed by atoms with Crippen LogP contribution in [0.4, 0.5) is 13.2 Å². The van der Waals surface area contributed by atoms with E-state index >= 15 is 0 Å². The zero-order chi connectivity index (χ0) is 21.7. The minimum absolute atomic E-state index is 0.121. The number of alkyl halides is 3. The number of rotatable bonds is 4. The van der Waals surface area contributed by atoms with Crippen molar-refractivity contribution in [2.24, 2.45) is 10.2 Å². The SMILES string of the molecule is COC(=O)/C=C1/S/C(=N\N=Cc2ccc(-c3ncccc3C(F)(F)F)cc2)NC1=O. The van der Waals surface area contributed by atoms with Gasteiger partial charge < -0.3 is 4.74 Å². The third kappa shape index (κ3) is 5.11. The Labute approximate surface area is 172 Å². The van der Waals surface area contributed by atoms with Crippen LogP contribution < -0.4 is 5.32 Å². The molecule has 2 aromatic rings. The summed E-state index contributed by atoms with van der Waals surface area (Å²) in [6.07, 6.45) is -0.802. The smallest absolute Gasteiger partial charge is 0.418 e. The van der Waals surface area contributed by atoms with Crippen LogP contribution >= 0.6 is 11.8 Å². The molecule has 0 spiro atoms. The Kier molecular flexibility index (Phi) is 6.31. The molecule has 0 radical (unpaired) electrons. The maximum Gasteiger partial charge on any atom is 0.418 e. The number of benzene rings is 1. The molecule has 1 fully saturated rings. The normalized spacial score (nSPS) is 17.0. The summed E-state index contributed by atoms with van der Waals surface area (Å²) in [7, 11) is 1.19. The van der Waals surface area contributed by atoms with Crippen molar-refractivity contribution in [1.82, 2.24) is 10.3 Å². The van der Waals surface area contributed by atoms with Crippen molar-refractivity contribution in [2.45, 2.75) is 6.18 Å². The van der Waals surface area contributed by atoms with Crippen molar-refractivity contribution in [3.8, 4) is 11.3 Å². The lowest BCUT2D eigenvalue weighted by atomic mass is 10.0. The molecule has 0 atom stereocenters. The van der Waals surface area contributed by atoms with Crippen LogP contribution in [0.2, 0.25) is 0 Å². The van der Waals surface area contributed by atoms with Gasteiger partial charge in [0.25, 0.3) is 5.91 Å². The van der Waals surface area contributed by atoms with E-state index in [1.807, 2.05) is 0 Å². The van der Waals surface area contributed by atoms with Gasteiger partial charge in [-0.05, 0) is 29.5 Å². The summed E-state index contributed by atoms with van der Waals surface area (Å²) in [5, 5.41) is 10.3. The van der Waals surface area contributed by atoms with Gasteiger partial charge in [0.15, 0.2) is 5.17 Å². The first-order valence-corrected chi connectivity index (χ1v) is 9.12. The molecule has 154 valence electrons. The minimum Gasteiger partial charge on any atom is -0.466 e. The van der Waals surface area contributed by atoms with Gasteiger partial charge in [0.1, 0.15) is 0 Å². The molecule has 1 amide bonds. The fourth-order valence-corrected chi connectivity index (χ4v) is 3.12. The highest BCUT2D eigenvalue weighted by atomic mass is 32.2. The summed E-state index contributed by atoms with van der Waals surface area (Å²) in [4.78, 5) is 26.9. The number of thioether (sulfide) groups is 1. The van der Waals surface area contributed by atoms with Gasteiger partial charge in [-0.1, -0.05) is 24.3 Å². The molecule has 1 aromatic carbocycles. The standard InChI is InChI=1S/C19H13F3N4O3S/c1-29-15(27)9-14-17(28)25-18(30-14)26-24-10-11-4-6-12(7-5-11)16-13(19(20,21)22)3-2-8-23-16/h2-10H,1H3,(H,25,26,28)/b14-9+,24-10?. The number of hydrogen-bond donors (Lipinski definition) is 1. The molecule has 0 unspecified atom stereocenters. The van der Waals surface area contributed by atoms with Crippen molar-refractivity contribution in [2.75, 3.05) is 7.11 Å². The number of methoxy groups -OCH3 is 1. The molecular weight excluding hydrogens is 421 g/mol. The maximum atomic E-state index is 13.1. The number of nitrogens with one attached hydrogen (secondary N) is 1. The summed E-state index contributed by atoms with van der Waals surface area (Å²) in [6.45, 7) is 0. The second-order valence-corrected chi connectivity index (χ2v) is 6.79. The molecule has 0 saturated carbocycles.